The predicted octanol–water partition coefficient (Wildman–Crippen LogP) is 3.28. The summed E-state index contributed by atoms with van der Waals surface area (Å²) < 4.78 is 2.18. The van der Waals surface area contributed by atoms with E-state index in [0.717, 1.165) is 17.2 Å². The average Bonchev–Trinajstić information content (AvgIpc) is 2.56. The zero-order valence-electron chi connectivity index (χ0n) is 10.7. The van der Waals surface area contributed by atoms with Gasteiger partial charge >= 0.3 is 0 Å². The standard InChI is InChI=1S/C13H19N3/c1-8(2)11-12-10(5)15-13(9(3)4)16(12)7-6-14-11/h6-9H,1-5H3. The Hall–Kier alpha value is -1.38. The molecule has 0 atom stereocenters. The molecule has 0 aliphatic carbocycles. The third-order valence-corrected chi connectivity index (χ3v) is 2.85. The van der Waals surface area contributed by atoms with Crippen LogP contribution in [-0.2, 0) is 0 Å². The molecule has 3 heteroatoms. The average molecular weight is 217 g/mol. The quantitative estimate of drug-likeness (QED) is 0.772. The fraction of sp³-hybridized carbons (Fsp3) is 0.538. The van der Waals surface area contributed by atoms with Crippen molar-refractivity contribution in [3.63, 3.8) is 0 Å². The topological polar surface area (TPSA) is 30.2 Å². The molecule has 0 aromatic carbocycles. The molecule has 0 unspecified atom stereocenters. The molecule has 16 heavy (non-hydrogen) atoms. The molecule has 2 aromatic heterocycles. The van der Waals surface area contributed by atoms with E-state index in [2.05, 4.69) is 49.0 Å². The molecule has 0 saturated heterocycles. The van der Waals surface area contributed by atoms with Gasteiger partial charge in [-0.2, -0.15) is 0 Å². The van der Waals surface area contributed by atoms with Gasteiger partial charge in [-0.1, -0.05) is 27.7 Å². The minimum absolute atomic E-state index is 0.430. The van der Waals surface area contributed by atoms with Crippen LogP contribution in [0, 0.1) is 6.92 Å². The summed E-state index contributed by atoms with van der Waals surface area (Å²) in [6.45, 7) is 10.7. The van der Waals surface area contributed by atoms with Gasteiger partial charge in [0.05, 0.1) is 16.9 Å². The van der Waals surface area contributed by atoms with Gasteiger partial charge in [0.15, 0.2) is 0 Å². The Morgan fingerprint density at radius 2 is 1.81 bits per heavy atom. The first kappa shape index (κ1) is 11.1. The number of rotatable bonds is 2. The summed E-state index contributed by atoms with van der Waals surface area (Å²) in [7, 11) is 0. The molecule has 0 aliphatic rings. The second kappa shape index (κ2) is 3.89. The van der Waals surface area contributed by atoms with Gasteiger partial charge in [-0.05, 0) is 12.8 Å². The lowest BCUT2D eigenvalue weighted by molar-refractivity contribution is 0.759. The van der Waals surface area contributed by atoms with E-state index in [1.54, 1.807) is 0 Å². The molecule has 0 radical (unpaired) electrons. The van der Waals surface area contributed by atoms with Crippen LogP contribution >= 0.6 is 0 Å². The Morgan fingerprint density at radius 1 is 1.12 bits per heavy atom. The van der Waals surface area contributed by atoms with Crippen molar-refractivity contribution in [3.05, 3.63) is 29.6 Å². The van der Waals surface area contributed by atoms with Crippen LogP contribution < -0.4 is 0 Å². The van der Waals surface area contributed by atoms with Crippen LogP contribution in [0.15, 0.2) is 12.4 Å². The van der Waals surface area contributed by atoms with Crippen LogP contribution in [0.5, 0.6) is 0 Å². The second-order valence-electron chi connectivity index (χ2n) is 4.90. The summed E-state index contributed by atoms with van der Waals surface area (Å²) >= 11 is 0. The summed E-state index contributed by atoms with van der Waals surface area (Å²) in [6.07, 6.45) is 3.88. The van der Waals surface area contributed by atoms with E-state index >= 15 is 0 Å². The third-order valence-electron chi connectivity index (χ3n) is 2.85. The van der Waals surface area contributed by atoms with Crippen molar-refractivity contribution in [2.75, 3.05) is 0 Å². The highest BCUT2D eigenvalue weighted by Crippen LogP contribution is 2.24. The third kappa shape index (κ3) is 1.60. The highest BCUT2D eigenvalue weighted by molar-refractivity contribution is 5.58. The molecular formula is C13H19N3. The van der Waals surface area contributed by atoms with E-state index in [0.29, 0.717) is 11.8 Å². The van der Waals surface area contributed by atoms with E-state index in [-0.39, 0.29) is 0 Å². The van der Waals surface area contributed by atoms with Crippen LogP contribution in [0.3, 0.4) is 0 Å². The smallest absolute Gasteiger partial charge is 0.116 e. The number of imidazole rings is 1. The van der Waals surface area contributed by atoms with Crippen LogP contribution in [-0.4, -0.2) is 14.4 Å². The SMILES string of the molecule is Cc1nc(C(C)C)n2ccnc(C(C)C)c12. The maximum Gasteiger partial charge on any atom is 0.116 e. The number of fused-ring (bicyclic) bond motifs is 1. The molecule has 0 N–H and O–H groups in total. The molecule has 0 aliphatic heterocycles. The largest absolute Gasteiger partial charge is 0.300 e. The van der Waals surface area contributed by atoms with Gasteiger partial charge in [0.2, 0.25) is 0 Å². The van der Waals surface area contributed by atoms with Crippen LogP contribution in [0.2, 0.25) is 0 Å². The van der Waals surface area contributed by atoms with Gasteiger partial charge in [-0.3, -0.25) is 9.38 Å². The highest BCUT2D eigenvalue weighted by Gasteiger charge is 2.15. The van der Waals surface area contributed by atoms with E-state index in [1.807, 2.05) is 12.4 Å². The van der Waals surface area contributed by atoms with Crippen molar-refractivity contribution >= 4 is 5.52 Å². The molecule has 0 fully saturated rings. The predicted molar refractivity (Wildman–Crippen MR) is 65.9 cm³/mol. The summed E-state index contributed by atoms with van der Waals surface area (Å²) in [4.78, 5) is 9.13. The van der Waals surface area contributed by atoms with Crippen molar-refractivity contribution in [2.24, 2.45) is 0 Å². The van der Waals surface area contributed by atoms with Crippen LogP contribution in [0.1, 0.15) is 56.7 Å². The number of aromatic nitrogens is 3. The molecule has 0 bridgehead atoms. The first-order valence-corrected chi connectivity index (χ1v) is 5.85. The van der Waals surface area contributed by atoms with Crippen molar-refractivity contribution in [1.82, 2.24) is 14.4 Å². The lowest BCUT2D eigenvalue weighted by atomic mass is 10.1. The van der Waals surface area contributed by atoms with E-state index in [1.165, 1.54) is 5.52 Å². The first-order chi connectivity index (χ1) is 7.52. The number of nitrogens with zero attached hydrogens (tertiary/aromatic N) is 3. The molecule has 0 spiro atoms. The minimum Gasteiger partial charge on any atom is -0.300 e. The minimum atomic E-state index is 0.430. The Labute approximate surface area is 96.5 Å². The van der Waals surface area contributed by atoms with E-state index in [4.69, 9.17) is 0 Å². The van der Waals surface area contributed by atoms with Crippen molar-refractivity contribution in [1.29, 1.82) is 0 Å². The van der Waals surface area contributed by atoms with Crippen molar-refractivity contribution in [2.45, 2.75) is 46.5 Å². The van der Waals surface area contributed by atoms with Gasteiger partial charge in [-0.15, -0.1) is 0 Å². The van der Waals surface area contributed by atoms with E-state index in [9.17, 15) is 0 Å². The Bertz CT molecular complexity index is 509. The Morgan fingerprint density at radius 3 is 2.38 bits per heavy atom. The fourth-order valence-corrected chi connectivity index (χ4v) is 2.10. The van der Waals surface area contributed by atoms with E-state index < -0.39 is 0 Å². The van der Waals surface area contributed by atoms with Crippen molar-refractivity contribution < 1.29 is 0 Å². The molecule has 2 heterocycles. The van der Waals surface area contributed by atoms with Crippen molar-refractivity contribution in [3.8, 4) is 0 Å². The summed E-state index contributed by atoms with van der Waals surface area (Å²) in [5, 5.41) is 0. The molecule has 2 rings (SSSR count). The lowest BCUT2D eigenvalue weighted by Crippen LogP contribution is -2.01. The Kier molecular flexibility index (Phi) is 2.70. The summed E-state index contributed by atoms with van der Waals surface area (Å²) in [5.41, 5.74) is 3.40. The molecule has 2 aromatic rings. The molecule has 3 nitrogen and oxygen atoms in total. The summed E-state index contributed by atoms with van der Waals surface area (Å²) in [5.74, 6) is 1.99. The lowest BCUT2D eigenvalue weighted by Gasteiger charge is -2.09. The number of aryl methyl sites for hydroxylation is 1. The van der Waals surface area contributed by atoms with Crippen LogP contribution in [0.25, 0.3) is 5.52 Å². The van der Waals surface area contributed by atoms with Gasteiger partial charge < -0.3 is 0 Å². The van der Waals surface area contributed by atoms with Crippen LogP contribution in [0.4, 0.5) is 0 Å². The molecule has 86 valence electrons. The monoisotopic (exact) mass is 217 g/mol. The highest BCUT2D eigenvalue weighted by atomic mass is 15.0. The second-order valence-corrected chi connectivity index (χ2v) is 4.90. The Balaban J connectivity index is 2.79. The normalized spacial score (nSPS) is 11.9. The van der Waals surface area contributed by atoms with Gasteiger partial charge in [0.25, 0.3) is 0 Å². The summed E-state index contributed by atoms with van der Waals surface area (Å²) in [6, 6.07) is 0. The molecule has 0 saturated carbocycles. The number of hydrogen-bond acceptors (Lipinski definition) is 2. The van der Waals surface area contributed by atoms with Gasteiger partial charge in [0, 0.05) is 18.3 Å². The zero-order valence-corrected chi connectivity index (χ0v) is 10.7. The molecular weight excluding hydrogens is 198 g/mol. The van der Waals surface area contributed by atoms with Gasteiger partial charge in [0.1, 0.15) is 5.82 Å². The first-order valence-electron chi connectivity index (χ1n) is 5.85. The van der Waals surface area contributed by atoms with Gasteiger partial charge in [-0.25, -0.2) is 4.98 Å². The maximum atomic E-state index is 4.66. The number of hydrogen-bond donors (Lipinski definition) is 0. The zero-order chi connectivity index (χ0) is 11.9. The maximum absolute atomic E-state index is 4.66. The molecule has 0 amide bonds. The fourth-order valence-electron chi connectivity index (χ4n) is 2.10.